The van der Waals surface area contributed by atoms with Gasteiger partial charge in [-0.2, -0.15) is 0 Å². The van der Waals surface area contributed by atoms with Gasteiger partial charge in [0.25, 0.3) is 5.88 Å². The van der Waals surface area contributed by atoms with E-state index < -0.39 is 35.9 Å². The van der Waals surface area contributed by atoms with Crippen LogP contribution in [0.2, 0.25) is 0 Å². The number of ether oxygens (including phenoxy) is 2. The van der Waals surface area contributed by atoms with Crippen LogP contribution < -0.4 is 9.47 Å². The van der Waals surface area contributed by atoms with E-state index in [2.05, 4.69) is 18.8 Å². The SMILES string of the molecule is COc1cccnc1OC1C(C)=CC23C(C)CC4C(C(C=C(CO)C(O)C12O)C3O)C4(C)C. The summed E-state index contributed by atoms with van der Waals surface area (Å²) >= 11 is 0. The predicted molar refractivity (Wildman–Crippen MR) is 122 cm³/mol. The van der Waals surface area contributed by atoms with Crippen molar-refractivity contribution in [3.63, 3.8) is 0 Å². The summed E-state index contributed by atoms with van der Waals surface area (Å²) in [6.07, 6.45) is 2.79. The van der Waals surface area contributed by atoms with Crippen LogP contribution in [0.4, 0.5) is 0 Å². The zero-order valence-electron chi connectivity index (χ0n) is 19.9. The van der Waals surface area contributed by atoms with Crippen molar-refractivity contribution < 1.29 is 29.9 Å². The molecule has 2 saturated carbocycles. The molecule has 0 aromatic carbocycles. The van der Waals surface area contributed by atoms with Crippen molar-refractivity contribution in [2.45, 2.75) is 58.0 Å². The van der Waals surface area contributed by atoms with Crippen molar-refractivity contribution in [2.75, 3.05) is 13.7 Å². The largest absolute Gasteiger partial charge is 0.491 e. The zero-order chi connectivity index (χ0) is 23.9. The molecule has 33 heavy (non-hydrogen) atoms. The second kappa shape index (κ2) is 7.28. The average Bonchev–Trinajstić information content (AvgIpc) is 3.28. The molecule has 4 aliphatic rings. The van der Waals surface area contributed by atoms with Crippen molar-refractivity contribution in [3.8, 4) is 11.6 Å². The minimum Gasteiger partial charge on any atom is -0.491 e. The summed E-state index contributed by atoms with van der Waals surface area (Å²) in [5.41, 5.74) is -1.96. The molecule has 5 rings (SSSR count). The quantitative estimate of drug-likeness (QED) is 0.512. The van der Waals surface area contributed by atoms with E-state index in [1.165, 1.54) is 7.11 Å². The van der Waals surface area contributed by atoms with Gasteiger partial charge < -0.3 is 29.9 Å². The second-order valence-electron chi connectivity index (χ2n) is 11.1. The molecule has 1 aromatic rings. The predicted octanol–water partition coefficient (Wildman–Crippen LogP) is 2.10. The number of rotatable bonds is 4. The number of pyridine rings is 1. The van der Waals surface area contributed by atoms with Gasteiger partial charge in [-0.1, -0.05) is 32.9 Å². The topological polar surface area (TPSA) is 112 Å². The van der Waals surface area contributed by atoms with Crippen LogP contribution >= 0.6 is 0 Å². The maximum Gasteiger partial charge on any atom is 0.257 e. The summed E-state index contributed by atoms with van der Waals surface area (Å²) in [5, 5.41) is 46.3. The third kappa shape index (κ3) is 2.74. The molecule has 7 nitrogen and oxygen atoms in total. The molecule has 1 spiro atoms. The van der Waals surface area contributed by atoms with Crippen LogP contribution in [-0.4, -0.2) is 63.0 Å². The highest BCUT2D eigenvalue weighted by atomic mass is 16.5. The van der Waals surface area contributed by atoms with Gasteiger partial charge in [0.05, 0.1) is 25.2 Å². The Morgan fingerprint density at radius 1 is 1.24 bits per heavy atom. The summed E-state index contributed by atoms with van der Waals surface area (Å²) in [5.74, 6) is 0.804. The molecule has 0 saturated heterocycles. The van der Waals surface area contributed by atoms with Crippen LogP contribution in [0, 0.1) is 34.5 Å². The van der Waals surface area contributed by atoms with Crippen molar-refractivity contribution in [1.29, 1.82) is 0 Å². The number of hydrogen-bond acceptors (Lipinski definition) is 7. The molecule has 1 aromatic heterocycles. The van der Waals surface area contributed by atoms with Crippen molar-refractivity contribution in [2.24, 2.45) is 34.5 Å². The lowest BCUT2D eigenvalue weighted by Gasteiger charge is -2.52. The first kappa shape index (κ1) is 22.8. The minimum atomic E-state index is -1.90. The molecule has 9 unspecified atom stereocenters. The Balaban J connectivity index is 1.68. The van der Waals surface area contributed by atoms with E-state index in [9.17, 15) is 20.4 Å². The highest BCUT2D eigenvalue weighted by molar-refractivity contribution is 5.44. The number of aliphatic hydroxyl groups is 4. The molecule has 0 radical (unpaired) electrons. The Morgan fingerprint density at radius 2 is 1.97 bits per heavy atom. The standard InChI is InChI=1S/C26H35NO6/c1-13-11-25-14(2)9-17-19(24(17,3)4)16(21(25)30)10-15(12-28)20(29)26(25,31)22(13)33-23-18(32-5)7-6-8-27-23/h6-8,10-11,14,16-17,19-22,28-31H,9,12H2,1-5H3. The van der Waals surface area contributed by atoms with Gasteiger partial charge >= 0.3 is 0 Å². The van der Waals surface area contributed by atoms with Crippen LogP contribution in [0.3, 0.4) is 0 Å². The van der Waals surface area contributed by atoms with Crippen LogP contribution in [0.5, 0.6) is 11.6 Å². The number of hydrogen-bond donors (Lipinski definition) is 4. The maximum atomic E-state index is 12.5. The van der Waals surface area contributed by atoms with Crippen LogP contribution in [0.15, 0.2) is 41.6 Å². The van der Waals surface area contributed by atoms with E-state index in [1.54, 1.807) is 18.3 Å². The van der Waals surface area contributed by atoms with E-state index in [0.29, 0.717) is 22.8 Å². The summed E-state index contributed by atoms with van der Waals surface area (Å²) in [7, 11) is 1.51. The van der Waals surface area contributed by atoms with Gasteiger partial charge in [0.15, 0.2) is 11.9 Å². The number of nitrogens with zero attached hydrogens (tertiary/aromatic N) is 1. The molecule has 4 aliphatic carbocycles. The van der Waals surface area contributed by atoms with Crippen LogP contribution in [-0.2, 0) is 0 Å². The number of aliphatic hydroxyl groups excluding tert-OH is 3. The maximum absolute atomic E-state index is 12.5. The fourth-order valence-electron chi connectivity index (χ4n) is 7.63. The zero-order valence-corrected chi connectivity index (χ0v) is 19.9. The van der Waals surface area contributed by atoms with E-state index in [-0.39, 0.29) is 29.0 Å². The fourth-order valence-corrected chi connectivity index (χ4v) is 7.63. The van der Waals surface area contributed by atoms with Crippen LogP contribution in [0.1, 0.15) is 34.1 Å². The van der Waals surface area contributed by atoms with E-state index in [1.807, 2.05) is 26.0 Å². The fraction of sp³-hybridized carbons (Fsp3) is 0.654. The monoisotopic (exact) mass is 457 g/mol. The first-order valence-corrected chi connectivity index (χ1v) is 11.8. The smallest absolute Gasteiger partial charge is 0.257 e. The Morgan fingerprint density at radius 3 is 2.64 bits per heavy atom. The molecule has 0 amide bonds. The lowest BCUT2D eigenvalue weighted by molar-refractivity contribution is -0.211. The summed E-state index contributed by atoms with van der Waals surface area (Å²) in [6, 6.07) is 3.44. The molecule has 2 bridgehead atoms. The number of aromatic nitrogens is 1. The Hall–Kier alpha value is -1.93. The molecular formula is C26H35NO6. The molecule has 4 N–H and O–H groups in total. The minimum absolute atomic E-state index is 0.0561. The van der Waals surface area contributed by atoms with Gasteiger partial charge in [-0.3, -0.25) is 0 Å². The number of methoxy groups -OCH3 is 1. The Bertz CT molecular complexity index is 1020. The molecule has 7 heteroatoms. The molecule has 1 heterocycles. The molecule has 180 valence electrons. The molecule has 2 fully saturated rings. The van der Waals surface area contributed by atoms with E-state index in [0.717, 1.165) is 6.42 Å². The third-order valence-corrected chi connectivity index (χ3v) is 9.35. The van der Waals surface area contributed by atoms with Gasteiger partial charge in [-0.25, -0.2) is 4.98 Å². The van der Waals surface area contributed by atoms with Gasteiger partial charge in [-0.15, -0.1) is 0 Å². The van der Waals surface area contributed by atoms with Gasteiger partial charge in [0, 0.05) is 12.1 Å². The third-order valence-electron chi connectivity index (χ3n) is 9.35. The highest BCUT2D eigenvalue weighted by Crippen LogP contribution is 2.72. The van der Waals surface area contributed by atoms with Crippen molar-refractivity contribution in [1.82, 2.24) is 4.98 Å². The Kier molecular flexibility index (Phi) is 5.04. The molecular weight excluding hydrogens is 422 g/mol. The van der Waals surface area contributed by atoms with Gasteiger partial charge in [-0.05, 0) is 59.8 Å². The van der Waals surface area contributed by atoms with Gasteiger partial charge in [0.1, 0.15) is 11.7 Å². The average molecular weight is 458 g/mol. The van der Waals surface area contributed by atoms with E-state index >= 15 is 0 Å². The summed E-state index contributed by atoms with van der Waals surface area (Å²) < 4.78 is 11.7. The van der Waals surface area contributed by atoms with E-state index in [4.69, 9.17) is 9.47 Å². The summed E-state index contributed by atoms with van der Waals surface area (Å²) in [6.45, 7) is 7.92. The normalized spacial score (nSPS) is 45.1. The second-order valence-corrected chi connectivity index (χ2v) is 11.1. The molecule has 0 aliphatic heterocycles. The lowest BCUT2D eigenvalue weighted by Crippen LogP contribution is -2.67. The molecule has 9 atom stereocenters. The van der Waals surface area contributed by atoms with Gasteiger partial charge in [0.2, 0.25) is 0 Å². The first-order chi connectivity index (χ1) is 15.5. The Labute approximate surface area is 194 Å². The first-order valence-electron chi connectivity index (χ1n) is 11.8. The lowest BCUT2D eigenvalue weighted by atomic mass is 9.58. The highest BCUT2D eigenvalue weighted by Gasteiger charge is 2.76. The van der Waals surface area contributed by atoms with Crippen molar-refractivity contribution >= 4 is 0 Å². The van der Waals surface area contributed by atoms with Crippen molar-refractivity contribution in [3.05, 3.63) is 41.6 Å². The summed E-state index contributed by atoms with van der Waals surface area (Å²) in [4.78, 5) is 4.28. The number of fused-ring (bicyclic) bond motifs is 3. The van der Waals surface area contributed by atoms with Crippen LogP contribution in [0.25, 0.3) is 0 Å².